The number of benzene rings is 4. The zero-order chi connectivity index (χ0) is 29.1. The molecule has 0 aliphatic rings. The maximum Gasteiger partial charge on any atom is 0.261 e. The summed E-state index contributed by atoms with van der Waals surface area (Å²) in [7, 11) is -7.33. The van der Waals surface area contributed by atoms with Crippen LogP contribution < -0.4 is 14.3 Å². The Kier molecular flexibility index (Phi) is 8.32. The van der Waals surface area contributed by atoms with Gasteiger partial charge >= 0.3 is 0 Å². The molecule has 0 aliphatic heterocycles. The normalized spacial score (nSPS) is 11.6. The maximum absolute atomic E-state index is 12.8. The first-order chi connectivity index (χ1) is 18.8. The molecule has 4 aromatic carbocycles. The van der Waals surface area contributed by atoms with Gasteiger partial charge in [0.25, 0.3) is 15.9 Å². The largest absolute Gasteiger partial charge is 0.322 e. The number of nitrogens with one attached hydrogen (secondary N) is 2. The van der Waals surface area contributed by atoms with E-state index < -0.39 is 20.0 Å². The molecule has 0 saturated carbocycles. The highest BCUT2D eigenvalue weighted by atomic mass is 32.2. The smallest absolute Gasteiger partial charge is 0.261 e. The van der Waals surface area contributed by atoms with Crippen molar-refractivity contribution in [2.75, 3.05) is 20.6 Å². The quantitative estimate of drug-likeness (QED) is 0.268. The summed E-state index contributed by atoms with van der Waals surface area (Å²) >= 11 is 0. The molecule has 1 amide bonds. The lowest BCUT2D eigenvalue weighted by Crippen LogP contribution is -2.29. The summed E-state index contributed by atoms with van der Waals surface area (Å²) in [6, 6.07) is 25.3. The Labute approximate surface area is 235 Å². The Hall–Kier alpha value is -4.15. The van der Waals surface area contributed by atoms with Gasteiger partial charge in [-0.05, 0) is 92.1 Å². The number of hydrogen-bond acceptors (Lipinski definition) is 5. The Bertz CT molecular complexity index is 1750. The zero-order valence-electron chi connectivity index (χ0n) is 22.7. The highest BCUT2D eigenvalue weighted by Crippen LogP contribution is 2.24. The number of sulfonamides is 2. The van der Waals surface area contributed by atoms with E-state index in [1.54, 1.807) is 48.5 Å². The molecule has 8 nitrogen and oxygen atoms in total. The number of nitrogens with zero attached hydrogens (tertiary/aromatic N) is 1. The minimum atomic E-state index is -3.80. The Balaban J connectivity index is 1.43. The molecule has 10 heteroatoms. The summed E-state index contributed by atoms with van der Waals surface area (Å²) in [4.78, 5) is 12.9. The van der Waals surface area contributed by atoms with E-state index in [0.29, 0.717) is 28.2 Å². The standard InChI is InChI=1S/C30H31N3O5S2/c1-21-6-5-7-27(19-21)33(39(4,35)36)20-24-9-11-25(12-10-24)30(34)31-26-13-15-28(16-14-26)40(37,38)32-29-17-8-22(2)18-23(29)3/h5-19,32H,20H2,1-4H3,(H,31,34). The second-order valence-electron chi connectivity index (χ2n) is 9.71. The van der Waals surface area contributed by atoms with Crippen molar-refractivity contribution < 1.29 is 21.6 Å². The van der Waals surface area contributed by atoms with Crippen LogP contribution >= 0.6 is 0 Å². The molecule has 0 radical (unpaired) electrons. The summed E-state index contributed by atoms with van der Waals surface area (Å²) in [5, 5.41) is 2.76. The summed E-state index contributed by atoms with van der Waals surface area (Å²) in [6.45, 7) is 5.79. The third-order valence-electron chi connectivity index (χ3n) is 6.28. The van der Waals surface area contributed by atoms with Crippen LogP contribution in [0.4, 0.5) is 17.1 Å². The highest BCUT2D eigenvalue weighted by molar-refractivity contribution is 7.92. The van der Waals surface area contributed by atoms with E-state index in [4.69, 9.17) is 0 Å². The second kappa shape index (κ2) is 11.5. The SMILES string of the molecule is Cc1cccc(N(Cc2ccc(C(=O)Nc3ccc(S(=O)(=O)Nc4ccc(C)cc4C)cc3)cc2)S(C)(=O)=O)c1. The fraction of sp³-hybridized carbons (Fsp3) is 0.167. The third-order valence-corrected chi connectivity index (χ3v) is 8.80. The van der Waals surface area contributed by atoms with Gasteiger partial charge in [-0.15, -0.1) is 0 Å². The molecule has 2 N–H and O–H groups in total. The molecule has 0 aromatic heterocycles. The van der Waals surface area contributed by atoms with Gasteiger partial charge in [-0.25, -0.2) is 16.8 Å². The van der Waals surface area contributed by atoms with Crippen LogP contribution in [-0.2, 0) is 26.6 Å². The first-order valence-electron chi connectivity index (χ1n) is 12.5. The van der Waals surface area contributed by atoms with Gasteiger partial charge in [-0.2, -0.15) is 0 Å². The van der Waals surface area contributed by atoms with Gasteiger partial charge in [-0.1, -0.05) is 42.0 Å². The molecule has 0 unspecified atom stereocenters. The lowest BCUT2D eigenvalue weighted by atomic mass is 10.1. The molecule has 0 spiro atoms. The zero-order valence-corrected chi connectivity index (χ0v) is 24.3. The molecule has 0 atom stereocenters. The number of rotatable bonds is 9. The summed E-state index contributed by atoms with van der Waals surface area (Å²) in [5.41, 5.74) is 5.39. The number of amides is 1. The first kappa shape index (κ1) is 28.8. The van der Waals surface area contributed by atoms with Gasteiger partial charge in [0.1, 0.15) is 0 Å². The van der Waals surface area contributed by atoms with Crippen LogP contribution in [0.15, 0.2) is 95.9 Å². The van der Waals surface area contributed by atoms with Crippen molar-refractivity contribution in [3.05, 3.63) is 119 Å². The third kappa shape index (κ3) is 7.08. The summed E-state index contributed by atoms with van der Waals surface area (Å²) in [6.07, 6.45) is 1.16. The Morgan fingerprint density at radius 3 is 2.02 bits per heavy atom. The number of hydrogen-bond donors (Lipinski definition) is 2. The van der Waals surface area contributed by atoms with Crippen LogP contribution in [-0.4, -0.2) is 29.0 Å². The van der Waals surface area contributed by atoms with E-state index in [0.717, 1.165) is 22.9 Å². The fourth-order valence-corrected chi connectivity index (χ4v) is 6.17. The number of anilines is 3. The predicted octanol–water partition coefficient (Wildman–Crippen LogP) is 5.63. The number of aryl methyl sites for hydroxylation is 3. The van der Waals surface area contributed by atoms with Gasteiger partial charge < -0.3 is 5.32 Å². The minimum Gasteiger partial charge on any atom is -0.322 e. The molecule has 4 rings (SSSR count). The molecular weight excluding hydrogens is 546 g/mol. The Morgan fingerprint density at radius 1 is 0.775 bits per heavy atom. The van der Waals surface area contributed by atoms with Crippen molar-refractivity contribution in [1.82, 2.24) is 0 Å². The summed E-state index contributed by atoms with van der Waals surface area (Å²) < 4.78 is 54.5. The number of carbonyl (C=O) groups is 1. The summed E-state index contributed by atoms with van der Waals surface area (Å²) in [5.74, 6) is -0.380. The van der Waals surface area contributed by atoms with Crippen molar-refractivity contribution in [3.63, 3.8) is 0 Å². The lowest BCUT2D eigenvalue weighted by molar-refractivity contribution is 0.102. The van der Waals surface area contributed by atoms with Crippen molar-refractivity contribution in [1.29, 1.82) is 0 Å². The van der Waals surface area contributed by atoms with Crippen LogP contribution in [0.5, 0.6) is 0 Å². The van der Waals surface area contributed by atoms with Gasteiger partial charge in [0, 0.05) is 11.3 Å². The number of carbonyl (C=O) groups excluding carboxylic acids is 1. The van der Waals surface area contributed by atoms with Gasteiger partial charge in [0.15, 0.2) is 0 Å². The van der Waals surface area contributed by atoms with E-state index in [-0.39, 0.29) is 17.3 Å². The van der Waals surface area contributed by atoms with Crippen molar-refractivity contribution >= 4 is 43.0 Å². The molecule has 0 saturated heterocycles. The molecule has 0 bridgehead atoms. The molecule has 0 aliphatic carbocycles. The van der Waals surface area contributed by atoms with Gasteiger partial charge in [0.2, 0.25) is 10.0 Å². The molecule has 40 heavy (non-hydrogen) atoms. The fourth-order valence-electron chi connectivity index (χ4n) is 4.16. The van der Waals surface area contributed by atoms with E-state index in [1.165, 1.54) is 28.6 Å². The molecule has 0 heterocycles. The van der Waals surface area contributed by atoms with Crippen LogP contribution in [0.1, 0.15) is 32.6 Å². The average Bonchev–Trinajstić information content (AvgIpc) is 2.89. The predicted molar refractivity (Wildman–Crippen MR) is 160 cm³/mol. The lowest BCUT2D eigenvalue weighted by Gasteiger charge is -2.23. The first-order valence-corrected chi connectivity index (χ1v) is 15.8. The average molecular weight is 578 g/mol. The van der Waals surface area contributed by atoms with E-state index in [9.17, 15) is 21.6 Å². The van der Waals surface area contributed by atoms with Gasteiger partial charge in [-0.3, -0.25) is 13.8 Å². The van der Waals surface area contributed by atoms with Crippen molar-refractivity contribution in [2.45, 2.75) is 32.2 Å². The second-order valence-corrected chi connectivity index (χ2v) is 13.3. The van der Waals surface area contributed by atoms with Crippen LogP contribution in [0.3, 0.4) is 0 Å². The van der Waals surface area contributed by atoms with E-state index in [1.807, 2.05) is 39.0 Å². The molecule has 4 aromatic rings. The monoisotopic (exact) mass is 577 g/mol. The minimum absolute atomic E-state index is 0.0684. The van der Waals surface area contributed by atoms with E-state index >= 15 is 0 Å². The maximum atomic E-state index is 12.8. The molecule has 0 fully saturated rings. The highest BCUT2D eigenvalue weighted by Gasteiger charge is 2.19. The van der Waals surface area contributed by atoms with Crippen LogP contribution in [0.25, 0.3) is 0 Å². The van der Waals surface area contributed by atoms with Crippen LogP contribution in [0, 0.1) is 20.8 Å². The van der Waals surface area contributed by atoms with E-state index in [2.05, 4.69) is 10.0 Å². The molecular formula is C30H31N3O5S2. The van der Waals surface area contributed by atoms with Crippen molar-refractivity contribution in [2.24, 2.45) is 0 Å². The van der Waals surface area contributed by atoms with Crippen LogP contribution in [0.2, 0.25) is 0 Å². The van der Waals surface area contributed by atoms with Crippen molar-refractivity contribution in [3.8, 4) is 0 Å². The Morgan fingerprint density at radius 2 is 1.43 bits per heavy atom. The topological polar surface area (TPSA) is 113 Å². The van der Waals surface area contributed by atoms with Gasteiger partial charge in [0.05, 0.1) is 29.1 Å². The molecule has 208 valence electrons.